The maximum Gasteiger partial charge on any atom is 0.311 e. The molecule has 218 valence electrons. The molecule has 1 N–H and O–H groups in total. The van der Waals surface area contributed by atoms with Gasteiger partial charge in [0.2, 0.25) is 11.8 Å². The van der Waals surface area contributed by atoms with E-state index in [0.29, 0.717) is 13.2 Å². The first kappa shape index (κ1) is 30.2. The molecule has 39 heavy (non-hydrogen) atoms. The number of esters is 1. The van der Waals surface area contributed by atoms with Crippen LogP contribution in [0.4, 0.5) is 0 Å². The van der Waals surface area contributed by atoms with Gasteiger partial charge >= 0.3 is 5.97 Å². The van der Waals surface area contributed by atoms with Crippen LogP contribution in [0.1, 0.15) is 81.1 Å². The minimum Gasteiger partial charge on any atom is -0.465 e. The SMILES string of the molecule is CC[C@H](C)[C@H](CO)N1C(=O)[C@@H]2[C@H]3C(=O)OCCC/C=C\[C@@]3(C)S[C@@]23C=CCN(C(C)(C)CC(C)(C)C)C(=O)C13. The summed E-state index contributed by atoms with van der Waals surface area (Å²) in [5.74, 6) is -2.19. The largest absolute Gasteiger partial charge is 0.465 e. The van der Waals surface area contributed by atoms with Crippen molar-refractivity contribution in [1.82, 2.24) is 9.80 Å². The van der Waals surface area contributed by atoms with E-state index in [1.807, 2.05) is 37.8 Å². The predicted molar refractivity (Wildman–Crippen MR) is 155 cm³/mol. The number of carbonyl (C=O) groups is 3. The van der Waals surface area contributed by atoms with Crippen molar-refractivity contribution in [2.24, 2.45) is 23.2 Å². The minimum absolute atomic E-state index is 0.0103. The summed E-state index contributed by atoms with van der Waals surface area (Å²) in [6.07, 6.45) is 11.3. The van der Waals surface area contributed by atoms with Gasteiger partial charge in [-0.15, -0.1) is 11.8 Å². The molecule has 4 aliphatic heterocycles. The third-order valence-electron chi connectivity index (χ3n) is 9.23. The highest BCUT2D eigenvalue weighted by Crippen LogP contribution is 2.66. The van der Waals surface area contributed by atoms with Gasteiger partial charge in [-0.25, -0.2) is 0 Å². The molecule has 0 radical (unpaired) electrons. The normalized spacial score (nSPS) is 35.7. The molecule has 2 fully saturated rings. The van der Waals surface area contributed by atoms with Crippen LogP contribution in [0.5, 0.6) is 0 Å². The van der Waals surface area contributed by atoms with Crippen molar-refractivity contribution in [3.05, 3.63) is 24.3 Å². The number of hydrogen-bond acceptors (Lipinski definition) is 6. The molecule has 1 unspecified atom stereocenters. The number of ether oxygens (including phenoxy) is 1. The lowest BCUT2D eigenvalue weighted by Gasteiger charge is -2.46. The molecule has 4 heterocycles. The average Bonchev–Trinajstić information content (AvgIpc) is 3.17. The number of likely N-dealkylation sites (tertiary alicyclic amines) is 1. The van der Waals surface area contributed by atoms with Crippen molar-refractivity contribution in [2.75, 3.05) is 19.8 Å². The molecule has 0 aromatic carbocycles. The van der Waals surface area contributed by atoms with Gasteiger partial charge in [-0.2, -0.15) is 0 Å². The van der Waals surface area contributed by atoms with Gasteiger partial charge in [0.25, 0.3) is 0 Å². The summed E-state index contributed by atoms with van der Waals surface area (Å²) in [6, 6.07) is -1.34. The zero-order chi connectivity index (χ0) is 29.0. The fraction of sp³-hybridized carbons (Fsp3) is 0.774. The molecule has 2 amide bonds. The summed E-state index contributed by atoms with van der Waals surface area (Å²) in [4.78, 5) is 46.7. The number of fused-ring (bicyclic) bond motifs is 2. The molecule has 4 aliphatic rings. The molecule has 0 bridgehead atoms. The zero-order valence-corrected chi connectivity index (χ0v) is 25.8. The van der Waals surface area contributed by atoms with Gasteiger partial charge in [0.1, 0.15) is 6.04 Å². The van der Waals surface area contributed by atoms with Crippen LogP contribution in [0.3, 0.4) is 0 Å². The minimum atomic E-state index is -0.941. The summed E-state index contributed by atoms with van der Waals surface area (Å²) >= 11 is 1.57. The second kappa shape index (κ2) is 10.6. The van der Waals surface area contributed by atoms with E-state index in [2.05, 4.69) is 46.8 Å². The van der Waals surface area contributed by atoms with Crippen LogP contribution >= 0.6 is 11.8 Å². The molecule has 0 saturated carbocycles. The summed E-state index contributed by atoms with van der Waals surface area (Å²) in [6.45, 7) is 17.3. The van der Waals surface area contributed by atoms with Crippen molar-refractivity contribution >= 4 is 29.5 Å². The zero-order valence-electron chi connectivity index (χ0n) is 25.0. The Kier molecular flexibility index (Phi) is 8.16. The molecule has 7 atom stereocenters. The lowest BCUT2D eigenvalue weighted by molar-refractivity contribution is -0.155. The maximum absolute atomic E-state index is 14.8. The molecule has 0 aromatic rings. The highest BCUT2D eigenvalue weighted by molar-refractivity contribution is 8.02. The molecule has 7 nitrogen and oxygen atoms in total. The molecule has 0 aromatic heterocycles. The van der Waals surface area contributed by atoms with Crippen LogP contribution in [-0.2, 0) is 19.1 Å². The number of amides is 2. The third-order valence-corrected chi connectivity index (χ3v) is 11.0. The van der Waals surface area contributed by atoms with Gasteiger partial charge in [-0.05, 0) is 51.4 Å². The van der Waals surface area contributed by atoms with Crippen molar-refractivity contribution in [2.45, 2.75) is 108 Å². The Morgan fingerprint density at radius 1 is 1.10 bits per heavy atom. The highest BCUT2D eigenvalue weighted by atomic mass is 32.2. The highest BCUT2D eigenvalue weighted by Gasteiger charge is 2.75. The van der Waals surface area contributed by atoms with E-state index in [1.165, 1.54) is 0 Å². The van der Waals surface area contributed by atoms with Crippen molar-refractivity contribution in [1.29, 1.82) is 0 Å². The smallest absolute Gasteiger partial charge is 0.311 e. The van der Waals surface area contributed by atoms with E-state index in [4.69, 9.17) is 4.74 Å². The summed E-state index contributed by atoms with van der Waals surface area (Å²) in [5.41, 5.74) is -0.474. The van der Waals surface area contributed by atoms with E-state index in [1.54, 1.807) is 16.7 Å². The monoisotopic (exact) mass is 560 g/mol. The first-order valence-electron chi connectivity index (χ1n) is 14.6. The Bertz CT molecular complexity index is 1050. The lowest BCUT2D eigenvalue weighted by atomic mass is 9.74. The number of thioether (sulfide) groups is 1. The third kappa shape index (κ3) is 5.09. The standard InChI is InChI=1S/C31H48N2O5S/c1-9-20(2)21(18-34)33-24-26(36)32(29(6,7)19-28(3,4)5)16-13-15-31(24)22(25(33)35)23-27(37)38-17-12-10-11-14-30(23,8)39-31/h11,13-15,20-24,34H,9-10,12,16-19H2,1-8H3/b14-11-/t20-,21-,22-,23-,24?,30+,31-/m0/s1. The van der Waals surface area contributed by atoms with Gasteiger partial charge in [-0.1, -0.05) is 65.3 Å². The number of carbonyl (C=O) groups excluding carboxylic acids is 3. The van der Waals surface area contributed by atoms with Gasteiger partial charge in [0.05, 0.1) is 35.8 Å². The number of rotatable bonds is 6. The summed E-state index contributed by atoms with van der Waals surface area (Å²) in [5, 5.41) is 10.6. The first-order valence-corrected chi connectivity index (χ1v) is 15.4. The second-order valence-corrected chi connectivity index (χ2v) is 15.8. The molecular formula is C31H48N2O5S. The summed E-state index contributed by atoms with van der Waals surface area (Å²) in [7, 11) is 0. The number of nitrogens with zero attached hydrogens (tertiary/aromatic N) is 2. The lowest BCUT2D eigenvalue weighted by Crippen LogP contribution is -2.61. The van der Waals surface area contributed by atoms with E-state index in [0.717, 1.165) is 25.7 Å². The number of aliphatic hydroxyl groups is 1. The van der Waals surface area contributed by atoms with Crippen molar-refractivity contribution < 1.29 is 24.2 Å². The average molecular weight is 561 g/mol. The Labute approximate surface area is 238 Å². The fourth-order valence-corrected chi connectivity index (χ4v) is 9.82. The van der Waals surface area contributed by atoms with Crippen LogP contribution in [0.2, 0.25) is 0 Å². The Balaban J connectivity index is 1.91. The topological polar surface area (TPSA) is 87.2 Å². The fourth-order valence-electron chi connectivity index (χ4n) is 7.68. The van der Waals surface area contributed by atoms with E-state index in [-0.39, 0.29) is 35.7 Å². The Hall–Kier alpha value is -1.80. The van der Waals surface area contributed by atoms with E-state index in [9.17, 15) is 19.5 Å². The quantitative estimate of drug-likeness (QED) is 0.378. The van der Waals surface area contributed by atoms with Crippen LogP contribution in [0.15, 0.2) is 24.3 Å². The van der Waals surface area contributed by atoms with Gasteiger partial charge in [0.15, 0.2) is 0 Å². The van der Waals surface area contributed by atoms with Crippen molar-refractivity contribution in [3.8, 4) is 0 Å². The number of cyclic esters (lactones) is 1. The number of allylic oxidation sites excluding steroid dienone is 1. The van der Waals surface area contributed by atoms with Crippen LogP contribution in [0, 0.1) is 23.2 Å². The van der Waals surface area contributed by atoms with Gasteiger partial charge in [0, 0.05) is 16.8 Å². The molecule has 1 spiro atoms. The van der Waals surface area contributed by atoms with Crippen LogP contribution in [-0.4, -0.2) is 79.6 Å². The molecule has 2 saturated heterocycles. The Morgan fingerprint density at radius 2 is 1.79 bits per heavy atom. The number of hydrogen-bond donors (Lipinski definition) is 1. The Morgan fingerprint density at radius 3 is 2.41 bits per heavy atom. The number of aliphatic hydroxyl groups excluding tert-OH is 1. The van der Waals surface area contributed by atoms with Crippen molar-refractivity contribution in [3.63, 3.8) is 0 Å². The van der Waals surface area contributed by atoms with Gasteiger partial charge in [-0.3, -0.25) is 14.4 Å². The summed E-state index contributed by atoms with van der Waals surface area (Å²) < 4.78 is 4.08. The van der Waals surface area contributed by atoms with E-state index < -0.39 is 39.0 Å². The molecular weight excluding hydrogens is 512 g/mol. The first-order chi connectivity index (χ1) is 18.1. The van der Waals surface area contributed by atoms with Gasteiger partial charge < -0.3 is 19.6 Å². The predicted octanol–water partition coefficient (Wildman–Crippen LogP) is 4.59. The molecule has 4 rings (SSSR count). The van der Waals surface area contributed by atoms with Crippen LogP contribution in [0.25, 0.3) is 0 Å². The maximum atomic E-state index is 14.8. The second-order valence-electron chi connectivity index (χ2n) is 14.0. The molecule has 8 heteroatoms. The molecule has 0 aliphatic carbocycles. The van der Waals surface area contributed by atoms with Crippen LogP contribution < -0.4 is 0 Å². The van der Waals surface area contributed by atoms with E-state index >= 15 is 0 Å².